The van der Waals surface area contributed by atoms with Gasteiger partial charge in [-0.1, -0.05) is 0 Å². The number of amides is 1. The summed E-state index contributed by atoms with van der Waals surface area (Å²) in [5.41, 5.74) is 0.755. The van der Waals surface area contributed by atoms with Crippen LogP contribution >= 0.6 is 28.3 Å². The highest BCUT2D eigenvalue weighted by atomic mass is 79.9. The molecule has 0 spiro atoms. The monoisotopic (exact) mass is 348 g/mol. The molecule has 0 aliphatic carbocycles. The molecule has 0 aromatic heterocycles. The molecule has 1 aromatic carbocycles. The van der Waals surface area contributed by atoms with Crippen LogP contribution in [0.4, 0.5) is 5.69 Å². The first kappa shape index (κ1) is 16.3. The number of carbonyl (C=O) groups is 1. The quantitative estimate of drug-likeness (QED) is 0.879. The van der Waals surface area contributed by atoms with Gasteiger partial charge in [-0.2, -0.15) is 0 Å². The highest BCUT2D eigenvalue weighted by molar-refractivity contribution is 9.10. The number of carbonyl (C=O) groups excluding carboxylic acids is 1. The number of halogens is 2. The highest BCUT2D eigenvalue weighted by Gasteiger charge is 2.18. The molecule has 1 fully saturated rings. The van der Waals surface area contributed by atoms with E-state index < -0.39 is 0 Å². The van der Waals surface area contributed by atoms with E-state index in [9.17, 15) is 4.79 Å². The van der Waals surface area contributed by atoms with Crippen molar-refractivity contribution in [2.75, 3.05) is 25.5 Å². The lowest BCUT2D eigenvalue weighted by Crippen LogP contribution is -2.18. The summed E-state index contributed by atoms with van der Waals surface area (Å²) in [6.07, 6.45) is 1.64. The van der Waals surface area contributed by atoms with Crippen molar-refractivity contribution in [3.05, 3.63) is 22.7 Å². The summed E-state index contributed by atoms with van der Waals surface area (Å²) in [4.78, 5) is 11.9. The Balaban J connectivity index is 0.00000180. The van der Waals surface area contributed by atoms with Gasteiger partial charge in [-0.3, -0.25) is 4.79 Å². The van der Waals surface area contributed by atoms with Gasteiger partial charge in [0.05, 0.1) is 12.8 Å². The van der Waals surface area contributed by atoms with E-state index >= 15 is 0 Å². The molecule has 106 valence electrons. The number of methoxy groups -OCH3 is 1. The number of benzene rings is 1. The zero-order valence-corrected chi connectivity index (χ0v) is 13.1. The van der Waals surface area contributed by atoms with Crippen LogP contribution in [0.5, 0.6) is 5.75 Å². The standard InChI is InChI=1S/C13H17BrN2O2.ClH/c1-18-10-2-3-11(14)12(7-10)16-13(17)6-9-4-5-15-8-9;/h2-3,7,9,15H,4-6,8H2,1H3,(H,16,17);1H. The average molecular weight is 350 g/mol. The number of nitrogens with one attached hydrogen (secondary N) is 2. The Kier molecular flexibility index (Phi) is 6.62. The normalized spacial score (nSPS) is 17.7. The Hall–Kier alpha value is -0.780. The van der Waals surface area contributed by atoms with E-state index in [2.05, 4.69) is 26.6 Å². The van der Waals surface area contributed by atoms with Gasteiger partial charge in [-0.25, -0.2) is 0 Å². The number of anilines is 1. The van der Waals surface area contributed by atoms with Crippen LogP contribution in [0.2, 0.25) is 0 Å². The molecule has 0 saturated carbocycles. The summed E-state index contributed by atoms with van der Waals surface area (Å²) in [7, 11) is 1.61. The maximum atomic E-state index is 11.9. The molecule has 1 atom stereocenters. The van der Waals surface area contributed by atoms with E-state index in [1.54, 1.807) is 7.11 Å². The van der Waals surface area contributed by atoms with Crippen LogP contribution in [0, 0.1) is 5.92 Å². The van der Waals surface area contributed by atoms with Crippen LogP contribution in [-0.2, 0) is 4.79 Å². The molecule has 2 N–H and O–H groups in total. The Morgan fingerprint density at radius 1 is 1.58 bits per heavy atom. The van der Waals surface area contributed by atoms with E-state index in [1.165, 1.54) is 0 Å². The maximum absolute atomic E-state index is 11.9. The molecule has 4 nitrogen and oxygen atoms in total. The highest BCUT2D eigenvalue weighted by Crippen LogP contribution is 2.27. The van der Waals surface area contributed by atoms with Crippen molar-refractivity contribution in [1.29, 1.82) is 0 Å². The van der Waals surface area contributed by atoms with Gasteiger partial charge in [-0.05, 0) is 53.5 Å². The largest absolute Gasteiger partial charge is 0.497 e. The molecule has 1 saturated heterocycles. The van der Waals surface area contributed by atoms with Crippen molar-refractivity contribution in [3.63, 3.8) is 0 Å². The van der Waals surface area contributed by atoms with Crippen molar-refractivity contribution in [3.8, 4) is 5.75 Å². The molecule has 1 unspecified atom stereocenters. The van der Waals surface area contributed by atoms with Gasteiger partial charge in [0.15, 0.2) is 0 Å². The third-order valence-electron chi connectivity index (χ3n) is 3.08. The van der Waals surface area contributed by atoms with E-state index in [0.29, 0.717) is 12.3 Å². The predicted octanol–water partition coefficient (Wildman–Crippen LogP) is 2.82. The fourth-order valence-electron chi connectivity index (χ4n) is 2.08. The van der Waals surface area contributed by atoms with E-state index in [4.69, 9.17) is 4.74 Å². The molecule has 6 heteroatoms. The minimum absolute atomic E-state index is 0. The smallest absolute Gasteiger partial charge is 0.224 e. The van der Waals surface area contributed by atoms with Crippen LogP contribution in [0.3, 0.4) is 0 Å². The van der Waals surface area contributed by atoms with Crippen LogP contribution in [0.1, 0.15) is 12.8 Å². The second-order valence-corrected chi connectivity index (χ2v) is 5.31. The topological polar surface area (TPSA) is 50.4 Å². The summed E-state index contributed by atoms with van der Waals surface area (Å²) in [6.45, 7) is 1.95. The first-order valence-electron chi connectivity index (χ1n) is 6.03. The first-order valence-corrected chi connectivity index (χ1v) is 6.82. The Morgan fingerprint density at radius 3 is 3.00 bits per heavy atom. The zero-order valence-electron chi connectivity index (χ0n) is 10.7. The second kappa shape index (κ2) is 7.72. The summed E-state index contributed by atoms with van der Waals surface area (Å²) in [5.74, 6) is 1.24. The van der Waals surface area contributed by atoms with Gasteiger partial charge in [0.25, 0.3) is 0 Å². The molecular weight excluding hydrogens is 332 g/mol. The lowest BCUT2D eigenvalue weighted by molar-refractivity contribution is -0.116. The van der Waals surface area contributed by atoms with Crippen molar-refractivity contribution < 1.29 is 9.53 Å². The molecule has 1 aliphatic rings. The summed E-state index contributed by atoms with van der Waals surface area (Å²) in [6, 6.07) is 5.53. The zero-order chi connectivity index (χ0) is 13.0. The molecule has 2 rings (SSSR count). The van der Waals surface area contributed by atoms with E-state index in [-0.39, 0.29) is 18.3 Å². The molecule has 1 heterocycles. The number of hydrogen-bond acceptors (Lipinski definition) is 3. The van der Waals surface area contributed by atoms with Crippen molar-refractivity contribution in [2.45, 2.75) is 12.8 Å². The third-order valence-corrected chi connectivity index (χ3v) is 3.78. The van der Waals surface area contributed by atoms with Crippen LogP contribution in [0.15, 0.2) is 22.7 Å². The van der Waals surface area contributed by atoms with Crippen molar-refractivity contribution in [2.24, 2.45) is 5.92 Å². The summed E-state index contributed by atoms with van der Waals surface area (Å²) in [5, 5.41) is 6.18. The minimum Gasteiger partial charge on any atom is -0.497 e. The molecule has 19 heavy (non-hydrogen) atoms. The lowest BCUT2D eigenvalue weighted by atomic mass is 10.0. The van der Waals surface area contributed by atoms with Gasteiger partial charge in [0.2, 0.25) is 5.91 Å². The van der Waals surface area contributed by atoms with Gasteiger partial charge in [-0.15, -0.1) is 12.4 Å². The van der Waals surface area contributed by atoms with E-state index in [0.717, 1.165) is 35.4 Å². The van der Waals surface area contributed by atoms with Crippen molar-refractivity contribution in [1.82, 2.24) is 5.32 Å². The second-order valence-electron chi connectivity index (χ2n) is 4.46. The molecular formula is C13H18BrClN2O2. The molecule has 0 bridgehead atoms. The van der Waals surface area contributed by atoms with Crippen molar-refractivity contribution >= 4 is 39.9 Å². The Morgan fingerprint density at radius 2 is 2.37 bits per heavy atom. The number of hydrogen-bond donors (Lipinski definition) is 2. The fraction of sp³-hybridized carbons (Fsp3) is 0.462. The lowest BCUT2D eigenvalue weighted by Gasteiger charge is -2.11. The molecule has 0 radical (unpaired) electrons. The average Bonchev–Trinajstić information content (AvgIpc) is 2.84. The SMILES string of the molecule is COc1ccc(Br)c(NC(=O)CC2CCNC2)c1.Cl. The Bertz CT molecular complexity index is 437. The fourth-order valence-corrected chi connectivity index (χ4v) is 2.42. The van der Waals surface area contributed by atoms with Gasteiger partial charge in [0, 0.05) is 17.0 Å². The van der Waals surface area contributed by atoms with Crippen LogP contribution in [0.25, 0.3) is 0 Å². The van der Waals surface area contributed by atoms with E-state index in [1.807, 2.05) is 18.2 Å². The summed E-state index contributed by atoms with van der Waals surface area (Å²) >= 11 is 3.42. The minimum atomic E-state index is 0. The van der Waals surface area contributed by atoms with Gasteiger partial charge < -0.3 is 15.4 Å². The number of ether oxygens (including phenoxy) is 1. The van der Waals surface area contributed by atoms with Crippen LogP contribution in [-0.4, -0.2) is 26.1 Å². The maximum Gasteiger partial charge on any atom is 0.224 e. The number of rotatable bonds is 4. The molecule has 1 amide bonds. The molecule has 1 aromatic rings. The van der Waals surface area contributed by atoms with Gasteiger partial charge in [0.1, 0.15) is 5.75 Å². The van der Waals surface area contributed by atoms with Gasteiger partial charge >= 0.3 is 0 Å². The molecule has 1 aliphatic heterocycles. The van der Waals surface area contributed by atoms with Crippen LogP contribution < -0.4 is 15.4 Å². The third kappa shape index (κ3) is 4.67. The predicted molar refractivity (Wildman–Crippen MR) is 82.2 cm³/mol. The first-order chi connectivity index (χ1) is 8.69. The Labute approximate surface area is 127 Å². The summed E-state index contributed by atoms with van der Waals surface area (Å²) < 4.78 is 6.00.